The quantitative estimate of drug-likeness (QED) is 0.387. The average Bonchev–Trinajstić information content (AvgIpc) is 1.35. The van der Waals surface area contributed by atoms with Gasteiger partial charge in [-0.15, -0.1) is 6.26 Å². The van der Waals surface area contributed by atoms with Crippen molar-refractivity contribution in [3.63, 3.8) is 0 Å². The van der Waals surface area contributed by atoms with Crippen LogP contribution in [0.25, 0.3) is 0 Å². The summed E-state index contributed by atoms with van der Waals surface area (Å²) in [7, 11) is 1.17. The van der Waals surface area contributed by atoms with Crippen LogP contribution in [0.3, 0.4) is 0 Å². The molecular weight excluding hydrogens is 114 g/mol. The van der Waals surface area contributed by atoms with Gasteiger partial charge in [-0.05, 0) is 5.75 Å². The molecule has 0 aromatic heterocycles. The van der Waals surface area contributed by atoms with Crippen LogP contribution in [0.15, 0.2) is 0 Å². The van der Waals surface area contributed by atoms with E-state index in [0.29, 0.717) is 0 Å². The summed E-state index contributed by atoms with van der Waals surface area (Å²) in [6.45, 7) is 2.03. The molecule has 1 nitrogen and oxygen atoms in total. The van der Waals surface area contributed by atoms with E-state index in [2.05, 4.69) is 0 Å². The fraction of sp³-hybridized carbons (Fsp3) is 1.00. The van der Waals surface area contributed by atoms with Crippen molar-refractivity contribution in [3.8, 4) is 0 Å². The van der Waals surface area contributed by atoms with E-state index < -0.39 is 9.56 Å². The minimum Gasteiger partial charge on any atom is -0.421 e. The van der Waals surface area contributed by atoms with E-state index in [-0.39, 0.29) is 0 Å². The monoisotopic (exact) mass is 122 g/mol. The van der Waals surface area contributed by atoms with Crippen LogP contribution in [0.5, 0.6) is 0 Å². The molecule has 0 rings (SSSR count). The summed E-state index contributed by atoms with van der Waals surface area (Å²) in [6.07, 6.45) is 1.80. The van der Waals surface area contributed by atoms with Gasteiger partial charge in [0.1, 0.15) is 0 Å². The third kappa shape index (κ3) is 4.41. The van der Waals surface area contributed by atoms with Crippen LogP contribution in [0.2, 0.25) is 0 Å². The van der Waals surface area contributed by atoms with Crippen molar-refractivity contribution in [2.24, 2.45) is 0 Å². The van der Waals surface area contributed by atoms with Gasteiger partial charge in [0, 0.05) is 0 Å². The van der Waals surface area contributed by atoms with Gasteiger partial charge in [0.15, 0.2) is 0 Å². The highest BCUT2D eigenvalue weighted by atomic mass is 33.1. The van der Waals surface area contributed by atoms with Crippen LogP contribution in [0.4, 0.5) is 0 Å². The van der Waals surface area contributed by atoms with Gasteiger partial charge in [0.25, 0.3) is 0 Å². The molecule has 0 saturated heterocycles. The Hall–Kier alpha value is 0.410. The normalized spacial score (nSPS) is 9.67. The fourth-order valence-electron chi connectivity index (χ4n) is 0.171. The van der Waals surface area contributed by atoms with Crippen molar-refractivity contribution in [2.75, 3.05) is 12.0 Å². The van der Waals surface area contributed by atoms with E-state index in [9.17, 15) is 0 Å². The Labute approximate surface area is 44.5 Å². The number of rotatable bonds is 1. The molecule has 0 aromatic rings. The second-order valence-corrected chi connectivity index (χ2v) is 4.65. The molecule has 0 aromatic carbocycles. The topological polar surface area (TPSA) is 23.8 Å². The first-order valence-corrected chi connectivity index (χ1v) is 4.85. The van der Waals surface area contributed by atoms with Crippen molar-refractivity contribution < 1.29 is 0 Å². The zero-order valence-corrected chi connectivity index (χ0v) is 5.60. The summed E-state index contributed by atoms with van der Waals surface area (Å²) >= 11 is 0. The minimum absolute atomic E-state index is 0.399. The first-order chi connectivity index (χ1) is 2.77. The van der Waals surface area contributed by atoms with Crippen molar-refractivity contribution in [1.29, 1.82) is 4.61 Å². The van der Waals surface area contributed by atoms with Gasteiger partial charge in [-0.3, -0.25) is 20.3 Å². The molecular formula is C3H8NS2-. The molecule has 0 heterocycles. The largest absolute Gasteiger partial charge is 0.421 e. The fourth-order valence-corrected chi connectivity index (χ4v) is 1.54. The van der Waals surface area contributed by atoms with Crippen molar-refractivity contribution in [1.82, 2.24) is 0 Å². The van der Waals surface area contributed by atoms with Gasteiger partial charge >= 0.3 is 0 Å². The molecule has 0 N–H and O–H groups in total. The van der Waals surface area contributed by atoms with E-state index in [1.54, 1.807) is 17.0 Å². The maximum Gasteiger partial charge on any atom is -0.0289 e. The predicted molar refractivity (Wildman–Crippen MR) is 33.1 cm³/mol. The van der Waals surface area contributed by atoms with Crippen LogP contribution < -0.4 is 0 Å². The highest BCUT2D eigenvalue weighted by molar-refractivity contribution is 8.68. The molecule has 6 heavy (non-hydrogen) atoms. The second-order valence-electron chi connectivity index (χ2n) is 0.830. The van der Waals surface area contributed by atoms with E-state index in [1.807, 2.05) is 6.92 Å². The van der Waals surface area contributed by atoms with Crippen LogP contribution in [0.1, 0.15) is 6.92 Å². The molecule has 0 unspecified atom stereocenters. The molecule has 0 bridgehead atoms. The summed E-state index contributed by atoms with van der Waals surface area (Å²) < 4.78 is 8.54. The lowest BCUT2D eigenvalue weighted by atomic mass is 11.0. The Morgan fingerprint density at radius 3 is 2.33 bits per heavy atom. The number of hydrogen-bond acceptors (Lipinski definition) is 3. The lowest BCUT2D eigenvalue weighted by molar-refractivity contribution is 1.54. The molecule has 0 aliphatic rings. The maximum atomic E-state index is 8.54. The lowest BCUT2D eigenvalue weighted by Crippen LogP contribution is -1.68. The van der Waals surface area contributed by atoms with Crippen molar-refractivity contribution in [2.45, 2.75) is 6.92 Å². The average molecular weight is 122 g/mol. The Bertz CT molecular complexity index is 80.5. The van der Waals surface area contributed by atoms with E-state index in [1.165, 1.54) is 0 Å². The molecule has 0 amide bonds. The minimum atomic E-state index is -0.399. The standard InChI is InChI=1S/C3H8NS2/c1-3-5-6(2)4/h3H2,1-2H3/q-1. The van der Waals surface area contributed by atoms with Gasteiger partial charge in [-0.2, -0.15) is 0 Å². The molecule has 0 fully saturated rings. The molecule has 0 radical (unpaired) electrons. The molecule has 0 atom stereocenters. The lowest BCUT2D eigenvalue weighted by Gasteiger charge is -1.98. The van der Waals surface area contributed by atoms with Crippen LogP contribution in [0, 0.1) is 4.61 Å². The Balaban J connectivity index is 2.91. The highest BCUT2D eigenvalue weighted by Gasteiger charge is 1.61. The van der Waals surface area contributed by atoms with Crippen LogP contribution >= 0.6 is 10.8 Å². The number of nitrogens with zero attached hydrogens (tertiary/aromatic N) is 1. The predicted octanol–water partition coefficient (Wildman–Crippen LogP) is 1.38. The number of hydrogen-bond donors (Lipinski definition) is 0. The Morgan fingerprint density at radius 2 is 2.33 bits per heavy atom. The van der Waals surface area contributed by atoms with Gasteiger partial charge in [0.05, 0.1) is 0 Å². The Morgan fingerprint density at radius 1 is 1.83 bits per heavy atom. The summed E-state index contributed by atoms with van der Waals surface area (Å²) in [6, 6.07) is 0. The van der Waals surface area contributed by atoms with Gasteiger partial charge in [-0.1, -0.05) is 6.92 Å². The third-order valence-electron chi connectivity index (χ3n) is 0.288. The first kappa shape index (κ1) is 6.41. The SMILES string of the molecule is CCS[S-](C)#N. The molecule has 0 spiro atoms. The van der Waals surface area contributed by atoms with Crippen LogP contribution in [-0.4, -0.2) is 12.0 Å². The first-order valence-electron chi connectivity index (χ1n) is 1.75. The van der Waals surface area contributed by atoms with Crippen LogP contribution in [-0.2, 0) is 9.56 Å². The molecule has 3 heteroatoms. The second kappa shape index (κ2) is 3.59. The smallest absolute Gasteiger partial charge is 0.0289 e. The molecule has 0 aliphatic heterocycles. The van der Waals surface area contributed by atoms with E-state index >= 15 is 0 Å². The van der Waals surface area contributed by atoms with Crippen molar-refractivity contribution >= 4 is 20.3 Å². The zero-order chi connectivity index (χ0) is 4.99. The molecule has 0 aliphatic carbocycles. The van der Waals surface area contributed by atoms with Gasteiger partial charge in [-0.25, -0.2) is 0 Å². The third-order valence-corrected chi connectivity index (χ3v) is 2.60. The molecule has 0 saturated carbocycles. The summed E-state index contributed by atoms with van der Waals surface area (Å²) in [5.74, 6) is 1.01. The van der Waals surface area contributed by atoms with Gasteiger partial charge in [0.2, 0.25) is 0 Å². The summed E-state index contributed by atoms with van der Waals surface area (Å²) in [5, 5.41) is 0. The highest BCUT2D eigenvalue weighted by Crippen LogP contribution is 1.99. The summed E-state index contributed by atoms with van der Waals surface area (Å²) in [5.41, 5.74) is 0. The Kier molecular flexibility index (Phi) is 3.84. The maximum absolute atomic E-state index is 8.54. The summed E-state index contributed by atoms with van der Waals surface area (Å²) in [4.78, 5) is 0. The van der Waals surface area contributed by atoms with E-state index in [0.717, 1.165) is 5.75 Å². The zero-order valence-electron chi connectivity index (χ0n) is 3.97. The van der Waals surface area contributed by atoms with Gasteiger partial charge < -0.3 is 4.61 Å². The van der Waals surface area contributed by atoms with E-state index in [4.69, 9.17) is 4.61 Å². The van der Waals surface area contributed by atoms with Crippen molar-refractivity contribution in [3.05, 3.63) is 0 Å². The molecule has 38 valence electrons.